The number of fused-ring (bicyclic) bond motifs is 1. The highest BCUT2D eigenvalue weighted by Gasteiger charge is 2.26. The van der Waals surface area contributed by atoms with Gasteiger partial charge in [0.2, 0.25) is 0 Å². The van der Waals surface area contributed by atoms with Gasteiger partial charge < -0.3 is 10.1 Å². The van der Waals surface area contributed by atoms with E-state index in [0.717, 1.165) is 27.0 Å². The van der Waals surface area contributed by atoms with Crippen molar-refractivity contribution in [1.82, 2.24) is 20.1 Å². The second-order valence-corrected chi connectivity index (χ2v) is 11.9. The Morgan fingerprint density at radius 3 is 2.38 bits per heavy atom. The minimum Gasteiger partial charge on any atom is -0.484 e. The molecular formula is C31H31FN4O2S. The van der Waals surface area contributed by atoms with E-state index in [9.17, 15) is 9.18 Å². The average molecular weight is 543 g/mol. The Hall–Kier alpha value is -4.04. The Kier molecular flexibility index (Phi) is 7.23. The van der Waals surface area contributed by atoms with Crippen LogP contribution >= 0.6 is 11.3 Å². The number of carbonyl (C=O) groups excluding carboxylic acids is 1. The third-order valence-corrected chi connectivity index (χ3v) is 7.52. The molecule has 0 bridgehead atoms. The van der Waals surface area contributed by atoms with Crippen molar-refractivity contribution in [1.29, 1.82) is 0 Å². The van der Waals surface area contributed by atoms with Crippen molar-refractivity contribution in [3.63, 3.8) is 0 Å². The average Bonchev–Trinajstić information content (AvgIpc) is 3.53. The monoisotopic (exact) mass is 542 g/mol. The number of nitrogens with one attached hydrogen (secondary N) is 1. The van der Waals surface area contributed by atoms with Crippen molar-refractivity contribution in [2.75, 3.05) is 0 Å². The van der Waals surface area contributed by atoms with Crippen molar-refractivity contribution < 1.29 is 13.9 Å². The predicted molar refractivity (Wildman–Crippen MR) is 153 cm³/mol. The number of benzene rings is 3. The van der Waals surface area contributed by atoms with Gasteiger partial charge in [0.1, 0.15) is 17.7 Å². The van der Waals surface area contributed by atoms with Gasteiger partial charge in [-0.15, -0.1) is 11.3 Å². The Morgan fingerprint density at radius 2 is 1.74 bits per heavy atom. The van der Waals surface area contributed by atoms with Crippen molar-refractivity contribution in [3.05, 3.63) is 106 Å². The van der Waals surface area contributed by atoms with E-state index in [-0.39, 0.29) is 23.2 Å². The number of amides is 1. The maximum Gasteiger partial charge on any atom is 0.280 e. The molecule has 2 atom stereocenters. The summed E-state index contributed by atoms with van der Waals surface area (Å²) < 4.78 is 21.7. The smallest absolute Gasteiger partial charge is 0.280 e. The topological polar surface area (TPSA) is 69.0 Å². The highest BCUT2D eigenvalue weighted by Crippen LogP contribution is 2.31. The molecule has 200 valence electrons. The quantitative estimate of drug-likeness (QED) is 0.237. The highest BCUT2D eigenvalue weighted by molar-refractivity contribution is 7.13. The first-order valence-electron chi connectivity index (χ1n) is 12.8. The van der Waals surface area contributed by atoms with E-state index in [1.807, 2.05) is 32.0 Å². The van der Waals surface area contributed by atoms with Gasteiger partial charge in [0.15, 0.2) is 5.01 Å². The van der Waals surface area contributed by atoms with Gasteiger partial charge in [-0.2, -0.15) is 5.10 Å². The molecule has 0 aliphatic heterocycles. The number of thiazole rings is 1. The van der Waals surface area contributed by atoms with Crippen molar-refractivity contribution >= 4 is 28.1 Å². The summed E-state index contributed by atoms with van der Waals surface area (Å²) in [5, 5.41) is 8.88. The molecule has 3 aromatic carbocycles. The van der Waals surface area contributed by atoms with Gasteiger partial charge >= 0.3 is 0 Å². The zero-order chi connectivity index (χ0) is 27.7. The lowest BCUT2D eigenvalue weighted by Gasteiger charge is -2.27. The summed E-state index contributed by atoms with van der Waals surface area (Å²) in [7, 11) is 0. The summed E-state index contributed by atoms with van der Waals surface area (Å²) in [6.07, 6.45) is 3.01. The summed E-state index contributed by atoms with van der Waals surface area (Å²) in [5.74, 6) is 0.132. The van der Waals surface area contributed by atoms with Gasteiger partial charge in [-0.1, -0.05) is 45.0 Å². The van der Waals surface area contributed by atoms with E-state index in [1.54, 1.807) is 29.2 Å². The standard InChI is InChI=1S/C31H31FN4O2S/c1-19-17-33-30(39-19)29(37)35-20(2)28(21-6-8-23(9-7-21)31(3,4)5)38-26-14-15-27-22(16-26)18-34-36(27)25-12-10-24(32)11-13-25/h6-18,20,28H,1-5H3,(H,35,37). The molecule has 1 amide bonds. The Balaban J connectivity index is 1.44. The van der Waals surface area contributed by atoms with E-state index in [1.165, 1.54) is 29.0 Å². The molecular weight excluding hydrogens is 511 g/mol. The van der Waals surface area contributed by atoms with Crippen LogP contribution < -0.4 is 10.1 Å². The molecule has 0 fully saturated rings. The van der Waals surface area contributed by atoms with Crippen LogP contribution in [0.5, 0.6) is 5.75 Å². The Morgan fingerprint density at radius 1 is 1.03 bits per heavy atom. The summed E-state index contributed by atoms with van der Waals surface area (Å²) in [6, 6.07) is 20.0. The number of nitrogens with zero attached hydrogens (tertiary/aromatic N) is 3. The van der Waals surface area contributed by atoms with Crippen LogP contribution in [0.2, 0.25) is 0 Å². The fourth-order valence-electron chi connectivity index (χ4n) is 4.45. The summed E-state index contributed by atoms with van der Waals surface area (Å²) >= 11 is 1.36. The van der Waals surface area contributed by atoms with Gasteiger partial charge in [-0.05, 0) is 72.9 Å². The van der Waals surface area contributed by atoms with Gasteiger partial charge in [-0.3, -0.25) is 4.79 Å². The largest absolute Gasteiger partial charge is 0.484 e. The molecule has 2 heterocycles. The second-order valence-electron chi connectivity index (χ2n) is 10.7. The number of aromatic nitrogens is 3. The van der Waals surface area contributed by atoms with Crippen LogP contribution in [0, 0.1) is 12.7 Å². The molecule has 0 aliphatic carbocycles. The van der Waals surface area contributed by atoms with E-state index >= 15 is 0 Å². The van der Waals surface area contributed by atoms with Crippen LogP contribution in [0.4, 0.5) is 4.39 Å². The van der Waals surface area contributed by atoms with Crippen molar-refractivity contribution in [2.45, 2.75) is 52.2 Å². The van der Waals surface area contributed by atoms with E-state index in [0.29, 0.717) is 10.8 Å². The lowest BCUT2D eigenvalue weighted by Crippen LogP contribution is -2.39. The molecule has 5 rings (SSSR count). The lowest BCUT2D eigenvalue weighted by molar-refractivity contribution is 0.0881. The maximum atomic E-state index is 13.4. The molecule has 2 unspecified atom stereocenters. The van der Waals surface area contributed by atoms with Gasteiger partial charge in [0, 0.05) is 16.5 Å². The van der Waals surface area contributed by atoms with Crippen LogP contribution in [0.1, 0.15) is 59.6 Å². The van der Waals surface area contributed by atoms with Gasteiger partial charge in [0.05, 0.1) is 23.4 Å². The highest BCUT2D eigenvalue weighted by atomic mass is 32.1. The first kappa shape index (κ1) is 26.6. The number of ether oxygens (including phenoxy) is 1. The van der Waals surface area contributed by atoms with Crippen LogP contribution in [0.3, 0.4) is 0 Å². The van der Waals surface area contributed by atoms with Crippen molar-refractivity contribution in [2.24, 2.45) is 0 Å². The molecule has 39 heavy (non-hydrogen) atoms. The van der Waals surface area contributed by atoms with Gasteiger partial charge in [-0.25, -0.2) is 14.1 Å². The fourth-order valence-corrected chi connectivity index (χ4v) is 5.12. The molecule has 1 N–H and O–H groups in total. The second kappa shape index (κ2) is 10.6. The zero-order valence-electron chi connectivity index (χ0n) is 22.6. The molecule has 6 nitrogen and oxygen atoms in total. The molecule has 0 radical (unpaired) electrons. The van der Waals surface area contributed by atoms with Crippen molar-refractivity contribution in [3.8, 4) is 11.4 Å². The number of hydrogen-bond donors (Lipinski definition) is 1. The molecule has 2 aromatic heterocycles. The van der Waals surface area contributed by atoms with Gasteiger partial charge in [0.25, 0.3) is 5.91 Å². The Bertz CT molecular complexity index is 1600. The predicted octanol–water partition coefficient (Wildman–Crippen LogP) is 7.17. The minimum atomic E-state index is -0.450. The first-order valence-corrected chi connectivity index (χ1v) is 13.6. The molecule has 0 spiro atoms. The summed E-state index contributed by atoms with van der Waals surface area (Å²) in [6.45, 7) is 10.4. The van der Waals surface area contributed by atoms with Crippen LogP contribution in [-0.2, 0) is 5.41 Å². The number of aryl methyl sites for hydroxylation is 1. The van der Waals surface area contributed by atoms with E-state index in [4.69, 9.17) is 4.74 Å². The van der Waals surface area contributed by atoms with Crippen LogP contribution in [-0.4, -0.2) is 26.7 Å². The molecule has 8 heteroatoms. The molecule has 0 aliphatic rings. The third-order valence-electron chi connectivity index (χ3n) is 6.61. The first-order chi connectivity index (χ1) is 18.6. The number of hydrogen-bond acceptors (Lipinski definition) is 5. The number of halogens is 1. The SMILES string of the molecule is Cc1cnc(C(=O)NC(C)C(Oc2ccc3c(cnn3-c3ccc(F)cc3)c2)c2ccc(C(C)(C)C)cc2)s1. The fraction of sp³-hybridized carbons (Fsp3) is 0.258. The van der Waals surface area contributed by atoms with Crippen LogP contribution in [0.25, 0.3) is 16.6 Å². The zero-order valence-corrected chi connectivity index (χ0v) is 23.4. The minimum absolute atomic E-state index is 0.0210. The van der Waals surface area contributed by atoms with Crippen LogP contribution in [0.15, 0.2) is 79.1 Å². The number of carbonyl (C=O) groups is 1. The molecule has 0 saturated heterocycles. The Labute approximate surface area is 231 Å². The summed E-state index contributed by atoms with van der Waals surface area (Å²) in [4.78, 5) is 18.1. The third kappa shape index (κ3) is 5.86. The summed E-state index contributed by atoms with van der Waals surface area (Å²) in [5.41, 5.74) is 3.83. The number of rotatable bonds is 7. The molecule has 5 aromatic rings. The van der Waals surface area contributed by atoms with E-state index < -0.39 is 6.10 Å². The molecule has 0 saturated carbocycles. The lowest BCUT2D eigenvalue weighted by atomic mass is 9.86. The van der Waals surface area contributed by atoms with E-state index in [2.05, 4.69) is 60.4 Å². The normalized spacial score (nSPS) is 13.3. The maximum absolute atomic E-state index is 13.4.